The quantitative estimate of drug-likeness (QED) is 0.303. The van der Waals surface area contributed by atoms with Crippen molar-refractivity contribution in [2.75, 3.05) is 0 Å². The number of halogens is 17. The molecule has 0 radical (unpaired) electrons. The molecule has 0 spiro atoms. The average Bonchev–Trinajstić information content (AvgIpc) is 2.50. The van der Waals surface area contributed by atoms with Gasteiger partial charge in [-0.1, -0.05) is 0 Å². The molecule has 21 heteroatoms. The van der Waals surface area contributed by atoms with Gasteiger partial charge in [0.2, 0.25) is 0 Å². The second-order valence-electron chi connectivity index (χ2n) is 5.66. The maximum absolute atomic E-state index is 13.3. The third kappa shape index (κ3) is 4.34. The summed E-state index contributed by atoms with van der Waals surface area (Å²) in [6.45, 7) is 0. The van der Waals surface area contributed by atoms with Gasteiger partial charge in [0.1, 0.15) is 0 Å². The van der Waals surface area contributed by atoms with Crippen LogP contribution in [0.5, 0.6) is 0 Å². The second kappa shape index (κ2) is 7.37. The van der Waals surface area contributed by atoms with Crippen molar-refractivity contribution in [3.8, 4) is 0 Å². The van der Waals surface area contributed by atoms with E-state index in [4.69, 9.17) is 0 Å². The lowest BCUT2D eigenvalue weighted by atomic mass is 9.90. The van der Waals surface area contributed by atoms with Crippen LogP contribution in [0.3, 0.4) is 0 Å². The van der Waals surface area contributed by atoms with Crippen molar-refractivity contribution >= 4 is 10.1 Å². The first kappa shape index (κ1) is 29.7. The van der Waals surface area contributed by atoms with Crippen LogP contribution in [0.4, 0.5) is 74.6 Å². The molecule has 0 bridgehead atoms. The minimum absolute atomic E-state index is 3.11. The molecule has 0 aromatic heterocycles. The Labute approximate surface area is 158 Å². The van der Waals surface area contributed by atoms with E-state index >= 15 is 0 Å². The summed E-state index contributed by atoms with van der Waals surface area (Å²) in [6, 6.07) is 0. The Balaban J connectivity index is 6.63. The molecule has 0 unspecified atom stereocenters. The van der Waals surface area contributed by atoms with Gasteiger partial charge in [0.15, 0.2) is 10.1 Å². The zero-order valence-corrected chi connectivity index (χ0v) is 14.3. The van der Waals surface area contributed by atoms with Crippen LogP contribution in [0.25, 0.3) is 0 Å². The highest BCUT2D eigenvalue weighted by Gasteiger charge is 2.93. The Bertz CT molecular complexity index is 766. The van der Waals surface area contributed by atoms with Crippen LogP contribution in [0.2, 0.25) is 0 Å². The average molecular weight is 527 g/mol. The molecule has 0 rings (SSSR count). The molecule has 0 aliphatic heterocycles. The topological polar surface area (TPSA) is 57.2 Å². The predicted octanol–water partition coefficient (Wildman–Crippen LogP) is 5.28. The molecule has 0 N–H and O–H groups in total. The Morgan fingerprint density at radius 1 is 0.484 bits per heavy atom. The standard InChI is InChI=1S/C10H5F17O3S/c11-3(12,1-2-4(13,14)15)5(16,17)6(18,19)7(20,21)8(22,23)9(24,25)10(26,27)31(28,29)30/h1-2H2,(H,28,29,30)/p-1. The van der Waals surface area contributed by atoms with E-state index in [1.54, 1.807) is 0 Å². The molecule has 0 aliphatic rings. The molecule has 0 fully saturated rings. The van der Waals surface area contributed by atoms with Crippen LogP contribution in [0.1, 0.15) is 12.8 Å². The monoisotopic (exact) mass is 527 g/mol. The lowest BCUT2D eigenvalue weighted by Gasteiger charge is -2.42. The summed E-state index contributed by atoms with van der Waals surface area (Å²) < 4.78 is 249. The van der Waals surface area contributed by atoms with E-state index in [0.29, 0.717) is 0 Å². The van der Waals surface area contributed by atoms with Crippen LogP contribution in [-0.2, 0) is 10.1 Å². The van der Waals surface area contributed by atoms with Crippen molar-refractivity contribution in [1.29, 1.82) is 0 Å². The summed E-state index contributed by atoms with van der Waals surface area (Å²) in [5.74, 6) is -49.3. The fourth-order valence-corrected chi connectivity index (χ4v) is 2.06. The van der Waals surface area contributed by atoms with Gasteiger partial charge in [-0.05, 0) is 0 Å². The van der Waals surface area contributed by atoms with Crippen LogP contribution in [-0.4, -0.2) is 59.9 Å². The van der Waals surface area contributed by atoms with Gasteiger partial charge in [-0.2, -0.15) is 74.6 Å². The molecule has 0 saturated carbocycles. The van der Waals surface area contributed by atoms with Gasteiger partial charge in [0, 0.05) is 12.8 Å². The summed E-state index contributed by atoms with van der Waals surface area (Å²) in [6.07, 6.45) is -12.4. The molecule has 0 aromatic rings. The Kier molecular flexibility index (Phi) is 7.07. The van der Waals surface area contributed by atoms with E-state index in [2.05, 4.69) is 0 Å². The molecule has 0 heterocycles. The number of rotatable bonds is 9. The fraction of sp³-hybridized carbons (Fsp3) is 1.00. The maximum Gasteiger partial charge on any atom is 0.402 e. The van der Waals surface area contributed by atoms with E-state index in [0.717, 1.165) is 0 Å². The van der Waals surface area contributed by atoms with Gasteiger partial charge in [0.25, 0.3) is 0 Å². The summed E-state index contributed by atoms with van der Waals surface area (Å²) in [5, 5.41) is -7.88. The Hall–Kier alpha value is -1.28. The molecule has 0 amide bonds. The minimum atomic E-state index is -8.69. The molecule has 188 valence electrons. The molecule has 31 heavy (non-hydrogen) atoms. The van der Waals surface area contributed by atoms with E-state index in [1.807, 2.05) is 0 Å². The van der Waals surface area contributed by atoms with Gasteiger partial charge in [0.05, 0.1) is 0 Å². The molecule has 0 saturated heterocycles. The lowest BCUT2D eigenvalue weighted by Crippen LogP contribution is -2.73. The summed E-state index contributed by atoms with van der Waals surface area (Å²) in [5.41, 5.74) is 0. The van der Waals surface area contributed by atoms with Crippen LogP contribution in [0.15, 0.2) is 0 Å². The van der Waals surface area contributed by atoms with Crippen molar-refractivity contribution < 1.29 is 87.6 Å². The first-order valence-electron chi connectivity index (χ1n) is 6.62. The van der Waals surface area contributed by atoms with Crippen molar-refractivity contribution in [2.45, 2.75) is 59.8 Å². The summed E-state index contributed by atoms with van der Waals surface area (Å²) in [4.78, 5) is 0. The van der Waals surface area contributed by atoms with Gasteiger partial charge < -0.3 is 4.55 Å². The first-order chi connectivity index (χ1) is 13.0. The van der Waals surface area contributed by atoms with Crippen LogP contribution < -0.4 is 0 Å². The summed E-state index contributed by atoms with van der Waals surface area (Å²) >= 11 is 0. The zero-order valence-electron chi connectivity index (χ0n) is 13.5. The van der Waals surface area contributed by atoms with Crippen molar-refractivity contribution in [3.63, 3.8) is 0 Å². The van der Waals surface area contributed by atoms with E-state index in [-0.39, 0.29) is 0 Å². The van der Waals surface area contributed by atoms with Gasteiger partial charge in [-0.3, -0.25) is 0 Å². The third-order valence-corrected chi connectivity index (χ3v) is 4.32. The van der Waals surface area contributed by atoms with E-state index in [9.17, 15) is 87.6 Å². The van der Waals surface area contributed by atoms with Gasteiger partial charge in [-0.15, -0.1) is 0 Å². The van der Waals surface area contributed by atoms with Gasteiger partial charge >= 0.3 is 47.0 Å². The van der Waals surface area contributed by atoms with Crippen molar-refractivity contribution in [2.24, 2.45) is 0 Å². The Morgan fingerprint density at radius 3 is 1.06 bits per heavy atom. The SMILES string of the molecule is O=S(=O)([O-])C(F)(F)C(F)(F)C(F)(F)C(F)(F)C(F)(F)C(F)(F)C(F)(F)CCC(F)(F)F. The normalized spacial score (nSPS) is 16.6. The smallest absolute Gasteiger partial charge is 0.402 e. The highest BCUT2D eigenvalue weighted by atomic mass is 32.2. The molecule has 0 atom stereocenters. The lowest BCUT2D eigenvalue weighted by molar-refractivity contribution is -0.436. The maximum atomic E-state index is 13.3. The van der Waals surface area contributed by atoms with Gasteiger partial charge in [-0.25, -0.2) is 8.42 Å². The molecule has 0 aliphatic carbocycles. The van der Waals surface area contributed by atoms with Crippen LogP contribution in [0, 0.1) is 0 Å². The van der Waals surface area contributed by atoms with E-state index in [1.165, 1.54) is 0 Å². The fourth-order valence-electron chi connectivity index (χ4n) is 1.62. The largest absolute Gasteiger partial charge is 0.743 e. The molecular formula is C10H4F17O3S-. The molecule has 3 nitrogen and oxygen atoms in total. The first-order valence-corrected chi connectivity index (χ1v) is 8.03. The predicted molar refractivity (Wildman–Crippen MR) is 59.6 cm³/mol. The van der Waals surface area contributed by atoms with Crippen molar-refractivity contribution in [3.05, 3.63) is 0 Å². The highest BCUT2D eigenvalue weighted by Crippen LogP contribution is 2.63. The number of hydrogen-bond donors (Lipinski definition) is 0. The third-order valence-electron chi connectivity index (χ3n) is 3.44. The highest BCUT2D eigenvalue weighted by molar-refractivity contribution is 7.86. The number of hydrogen-bond acceptors (Lipinski definition) is 3. The molecular weight excluding hydrogens is 523 g/mol. The number of alkyl halides is 17. The van der Waals surface area contributed by atoms with Crippen molar-refractivity contribution in [1.82, 2.24) is 0 Å². The Morgan fingerprint density at radius 2 is 0.774 bits per heavy atom. The zero-order chi connectivity index (χ0) is 25.9. The van der Waals surface area contributed by atoms with Crippen LogP contribution >= 0.6 is 0 Å². The summed E-state index contributed by atoms with van der Waals surface area (Å²) in [7, 11) is -8.09. The minimum Gasteiger partial charge on any atom is -0.743 e. The van der Waals surface area contributed by atoms with E-state index < -0.39 is 69.9 Å². The molecule has 0 aromatic carbocycles. The second-order valence-corrected chi connectivity index (χ2v) is 7.08.